The molecule has 0 aliphatic carbocycles. The van der Waals surface area contributed by atoms with Crippen LogP contribution < -0.4 is 16.0 Å². The van der Waals surface area contributed by atoms with Gasteiger partial charge in [0.15, 0.2) is 5.96 Å². The highest BCUT2D eigenvalue weighted by Gasteiger charge is 2.14. The molecule has 0 radical (unpaired) electrons. The molecule has 1 aliphatic rings. The van der Waals surface area contributed by atoms with E-state index in [1.807, 2.05) is 0 Å². The molecule has 7 nitrogen and oxygen atoms in total. The fraction of sp³-hybridized carbons (Fsp3) is 0.556. The first-order chi connectivity index (χ1) is 12.7. The molecule has 0 spiro atoms. The molecule has 8 heteroatoms. The van der Waals surface area contributed by atoms with Gasteiger partial charge in [-0.05, 0) is 43.5 Å². The number of aliphatic imine (C=N–C) groups is 1. The molecule has 1 unspecified atom stereocenters. The van der Waals surface area contributed by atoms with Crippen LogP contribution in [0, 0.1) is 5.82 Å². The highest BCUT2D eigenvalue weighted by atomic mass is 19.1. The van der Waals surface area contributed by atoms with E-state index in [4.69, 9.17) is 9.47 Å². The zero-order valence-corrected chi connectivity index (χ0v) is 15.1. The molecular formula is C18H27FN4O3. The minimum atomic E-state index is -0.342. The third kappa shape index (κ3) is 7.79. The summed E-state index contributed by atoms with van der Waals surface area (Å²) in [4.78, 5) is 15.9. The first-order valence-electron chi connectivity index (χ1n) is 8.86. The lowest BCUT2D eigenvalue weighted by atomic mass is 10.2. The van der Waals surface area contributed by atoms with Gasteiger partial charge >= 0.3 is 0 Å². The lowest BCUT2D eigenvalue weighted by molar-refractivity contribution is -0.115. The molecule has 1 aromatic carbocycles. The van der Waals surface area contributed by atoms with Crippen LogP contribution in [-0.2, 0) is 14.3 Å². The van der Waals surface area contributed by atoms with Crippen LogP contribution in [0.15, 0.2) is 29.3 Å². The summed E-state index contributed by atoms with van der Waals surface area (Å²) in [6, 6.07) is 5.61. The predicted molar refractivity (Wildman–Crippen MR) is 98.8 cm³/mol. The molecule has 144 valence electrons. The van der Waals surface area contributed by atoms with E-state index >= 15 is 0 Å². The highest BCUT2D eigenvalue weighted by Crippen LogP contribution is 2.11. The number of anilines is 1. The highest BCUT2D eigenvalue weighted by molar-refractivity contribution is 5.94. The number of amides is 1. The van der Waals surface area contributed by atoms with E-state index in [1.54, 1.807) is 7.05 Å². The van der Waals surface area contributed by atoms with Gasteiger partial charge in [0.05, 0.1) is 19.3 Å². The molecule has 1 aromatic rings. The van der Waals surface area contributed by atoms with Gasteiger partial charge in [0.1, 0.15) is 5.82 Å². The van der Waals surface area contributed by atoms with E-state index in [1.165, 1.54) is 24.3 Å². The number of guanidine groups is 1. The van der Waals surface area contributed by atoms with Crippen LogP contribution in [0.5, 0.6) is 0 Å². The number of halogens is 1. The van der Waals surface area contributed by atoms with Gasteiger partial charge in [-0.25, -0.2) is 4.39 Å². The number of benzene rings is 1. The second-order valence-electron chi connectivity index (χ2n) is 5.97. The van der Waals surface area contributed by atoms with Gasteiger partial charge < -0.3 is 25.4 Å². The first kappa shape index (κ1) is 20.1. The Bertz CT molecular complexity index is 574. The van der Waals surface area contributed by atoms with Gasteiger partial charge in [0, 0.05) is 32.5 Å². The summed E-state index contributed by atoms with van der Waals surface area (Å²) in [6.45, 7) is 2.88. The summed E-state index contributed by atoms with van der Waals surface area (Å²) in [6.07, 6.45) is 3.27. The summed E-state index contributed by atoms with van der Waals surface area (Å²) < 4.78 is 23.9. The molecule has 3 N–H and O–H groups in total. The van der Waals surface area contributed by atoms with Crippen LogP contribution in [0.3, 0.4) is 0 Å². The molecule has 1 fully saturated rings. The minimum absolute atomic E-state index is 0.0621. The molecular weight excluding hydrogens is 339 g/mol. The van der Waals surface area contributed by atoms with Crippen molar-refractivity contribution in [1.82, 2.24) is 10.6 Å². The van der Waals surface area contributed by atoms with E-state index in [0.717, 1.165) is 25.9 Å². The zero-order chi connectivity index (χ0) is 18.6. The zero-order valence-electron chi connectivity index (χ0n) is 15.1. The molecule has 0 aromatic heterocycles. The van der Waals surface area contributed by atoms with Crippen LogP contribution >= 0.6 is 0 Å². The smallest absolute Gasteiger partial charge is 0.243 e. The second kappa shape index (κ2) is 11.4. The lowest BCUT2D eigenvalue weighted by Crippen LogP contribution is -2.41. The van der Waals surface area contributed by atoms with Gasteiger partial charge in [-0.1, -0.05) is 0 Å². The van der Waals surface area contributed by atoms with E-state index in [0.29, 0.717) is 31.4 Å². The number of hydrogen-bond acceptors (Lipinski definition) is 4. The Balaban J connectivity index is 1.53. The van der Waals surface area contributed by atoms with Crippen molar-refractivity contribution in [1.29, 1.82) is 0 Å². The average molecular weight is 366 g/mol. The number of carbonyl (C=O) groups is 1. The topological polar surface area (TPSA) is 84.0 Å². The Morgan fingerprint density at radius 2 is 2.15 bits per heavy atom. The number of rotatable bonds is 9. The summed E-state index contributed by atoms with van der Waals surface area (Å²) in [7, 11) is 1.64. The van der Waals surface area contributed by atoms with Crippen molar-refractivity contribution in [3.05, 3.63) is 30.1 Å². The fourth-order valence-electron chi connectivity index (χ4n) is 2.49. The van der Waals surface area contributed by atoms with Crippen molar-refractivity contribution in [2.45, 2.75) is 25.4 Å². The summed E-state index contributed by atoms with van der Waals surface area (Å²) in [5.41, 5.74) is 0.546. The van der Waals surface area contributed by atoms with Gasteiger partial charge in [0.2, 0.25) is 5.91 Å². The maximum atomic E-state index is 12.8. The summed E-state index contributed by atoms with van der Waals surface area (Å²) >= 11 is 0. The normalized spacial score (nSPS) is 17.2. The van der Waals surface area contributed by atoms with Crippen LogP contribution in [0.1, 0.15) is 19.3 Å². The SMILES string of the molecule is CN=C(NCCCOCC1CCCO1)NCC(=O)Nc1ccc(F)cc1. The molecule has 0 bridgehead atoms. The van der Waals surface area contributed by atoms with E-state index < -0.39 is 0 Å². The maximum absolute atomic E-state index is 12.8. The number of hydrogen-bond donors (Lipinski definition) is 3. The van der Waals surface area contributed by atoms with E-state index in [-0.39, 0.29) is 24.4 Å². The summed E-state index contributed by atoms with van der Waals surface area (Å²) in [5, 5.41) is 8.73. The fourth-order valence-corrected chi connectivity index (χ4v) is 2.49. The van der Waals surface area contributed by atoms with Crippen LogP contribution in [0.4, 0.5) is 10.1 Å². The molecule has 26 heavy (non-hydrogen) atoms. The van der Waals surface area contributed by atoms with Crippen LogP contribution in [0.25, 0.3) is 0 Å². The second-order valence-corrected chi connectivity index (χ2v) is 5.97. The molecule has 1 heterocycles. The number of ether oxygens (including phenoxy) is 2. The quantitative estimate of drug-likeness (QED) is 0.351. The maximum Gasteiger partial charge on any atom is 0.243 e. The Kier molecular flexibility index (Phi) is 8.85. The van der Waals surface area contributed by atoms with Gasteiger partial charge in [-0.15, -0.1) is 0 Å². The molecule has 2 rings (SSSR count). The van der Waals surface area contributed by atoms with Crippen molar-refractivity contribution in [3.63, 3.8) is 0 Å². The Morgan fingerprint density at radius 1 is 1.35 bits per heavy atom. The number of nitrogens with one attached hydrogen (secondary N) is 3. The Labute approximate surface area is 153 Å². The van der Waals surface area contributed by atoms with Crippen molar-refractivity contribution in [2.75, 3.05) is 45.3 Å². The van der Waals surface area contributed by atoms with E-state index in [9.17, 15) is 9.18 Å². The molecule has 1 saturated heterocycles. The van der Waals surface area contributed by atoms with Crippen molar-refractivity contribution in [3.8, 4) is 0 Å². The molecule has 0 saturated carbocycles. The van der Waals surface area contributed by atoms with Gasteiger partial charge in [0.25, 0.3) is 0 Å². The first-order valence-corrected chi connectivity index (χ1v) is 8.86. The standard InChI is InChI=1S/C18H27FN4O3/c1-20-18(21-9-3-10-25-13-16-4-2-11-26-16)22-12-17(24)23-15-7-5-14(19)6-8-15/h5-8,16H,2-4,9-13H2,1H3,(H,23,24)(H2,20,21,22). The number of carbonyl (C=O) groups excluding carboxylic acids is 1. The van der Waals surface area contributed by atoms with E-state index in [2.05, 4.69) is 20.9 Å². The third-order valence-corrected chi connectivity index (χ3v) is 3.85. The largest absolute Gasteiger partial charge is 0.379 e. The monoisotopic (exact) mass is 366 g/mol. The average Bonchev–Trinajstić information content (AvgIpc) is 3.16. The lowest BCUT2D eigenvalue weighted by Gasteiger charge is -2.13. The molecule has 1 aliphatic heterocycles. The third-order valence-electron chi connectivity index (χ3n) is 3.85. The van der Waals surface area contributed by atoms with Crippen LogP contribution in [0.2, 0.25) is 0 Å². The van der Waals surface area contributed by atoms with Crippen molar-refractivity contribution >= 4 is 17.6 Å². The Hall–Kier alpha value is -2.19. The van der Waals surface area contributed by atoms with Crippen molar-refractivity contribution < 1.29 is 18.7 Å². The van der Waals surface area contributed by atoms with Gasteiger partial charge in [-0.2, -0.15) is 0 Å². The van der Waals surface area contributed by atoms with Gasteiger partial charge in [-0.3, -0.25) is 9.79 Å². The predicted octanol–water partition coefficient (Wildman–Crippen LogP) is 1.51. The van der Waals surface area contributed by atoms with Crippen LogP contribution in [-0.4, -0.2) is 57.9 Å². The number of nitrogens with zero attached hydrogens (tertiary/aromatic N) is 1. The molecule has 1 atom stereocenters. The minimum Gasteiger partial charge on any atom is -0.379 e. The van der Waals surface area contributed by atoms with Crippen molar-refractivity contribution in [2.24, 2.45) is 4.99 Å². The molecule has 1 amide bonds. The summed E-state index contributed by atoms with van der Waals surface area (Å²) in [5.74, 6) is -0.0386. The Morgan fingerprint density at radius 3 is 2.85 bits per heavy atom.